The van der Waals surface area contributed by atoms with Gasteiger partial charge >= 0.3 is 0 Å². The van der Waals surface area contributed by atoms with Crippen molar-refractivity contribution in [3.63, 3.8) is 0 Å². The number of piperazine rings is 1. The Labute approximate surface area is 114 Å². The number of amides is 1. The molecular weight excluding hydrogens is 240 g/mol. The number of hydrogen-bond acceptors (Lipinski definition) is 3. The van der Waals surface area contributed by atoms with Gasteiger partial charge in [0.05, 0.1) is 17.3 Å². The molecule has 1 aromatic heterocycles. The Bertz CT molecular complexity index is 454. The highest BCUT2D eigenvalue weighted by Gasteiger charge is 2.42. The number of rotatable bonds is 1. The first kappa shape index (κ1) is 12.7. The molecule has 0 bridgehead atoms. The number of hydrogen-bond donors (Lipinski definition) is 1. The number of nitrogens with zero attached hydrogens (tertiary/aromatic N) is 3. The number of aryl methyl sites for hydroxylation is 1. The fourth-order valence-corrected chi connectivity index (χ4v) is 3.51. The molecule has 1 saturated carbocycles. The molecule has 1 amide bonds. The van der Waals surface area contributed by atoms with Crippen LogP contribution in [0.4, 0.5) is 0 Å². The summed E-state index contributed by atoms with van der Waals surface area (Å²) in [6.07, 6.45) is 9.54. The van der Waals surface area contributed by atoms with Crippen LogP contribution in [-0.4, -0.2) is 45.8 Å². The van der Waals surface area contributed by atoms with Crippen LogP contribution in [0.25, 0.3) is 0 Å². The summed E-state index contributed by atoms with van der Waals surface area (Å²) in [5.74, 6) is 0.150. The molecule has 0 radical (unpaired) electrons. The standard InChI is InChI=1S/C14H22N4O/c1-17-10-12(9-16-17)13(19)18-8-7-15-11-14(18)5-3-2-4-6-14/h9-10,15H,2-8,11H2,1H3. The largest absolute Gasteiger partial charge is 0.330 e. The van der Waals surface area contributed by atoms with Crippen molar-refractivity contribution in [2.24, 2.45) is 7.05 Å². The molecule has 5 nitrogen and oxygen atoms in total. The van der Waals surface area contributed by atoms with Crippen LogP contribution in [0.2, 0.25) is 0 Å². The summed E-state index contributed by atoms with van der Waals surface area (Å²) in [6, 6.07) is 0. The molecule has 19 heavy (non-hydrogen) atoms. The maximum Gasteiger partial charge on any atom is 0.257 e. The minimum absolute atomic E-state index is 0.0451. The molecule has 1 saturated heterocycles. The molecular formula is C14H22N4O. The Kier molecular flexibility index (Phi) is 3.31. The maximum absolute atomic E-state index is 12.7. The zero-order valence-electron chi connectivity index (χ0n) is 11.6. The minimum Gasteiger partial charge on any atom is -0.330 e. The van der Waals surface area contributed by atoms with Crippen LogP contribution in [0.1, 0.15) is 42.5 Å². The lowest BCUT2D eigenvalue weighted by molar-refractivity contribution is 0.0222. The van der Waals surface area contributed by atoms with Crippen molar-refractivity contribution in [1.29, 1.82) is 0 Å². The second-order valence-electron chi connectivity index (χ2n) is 5.82. The molecule has 104 valence electrons. The Morgan fingerprint density at radius 1 is 1.37 bits per heavy atom. The monoisotopic (exact) mass is 262 g/mol. The third-order valence-electron chi connectivity index (χ3n) is 4.52. The summed E-state index contributed by atoms with van der Waals surface area (Å²) in [5, 5.41) is 7.59. The fourth-order valence-electron chi connectivity index (χ4n) is 3.51. The number of nitrogens with one attached hydrogen (secondary N) is 1. The van der Waals surface area contributed by atoms with Gasteiger partial charge in [-0.1, -0.05) is 19.3 Å². The third-order valence-corrected chi connectivity index (χ3v) is 4.52. The molecule has 0 aromatic carbocycles. The summed E-state index contributed by atoms with van der Waals surface area (Å²) in [4.78, 5) is 14.8. The average molecular weight is 262 g/mol. The van der Waals surface area contributed by atoms with E-state index < -0.39 is 0 Å². The zero-order chi connectivity index (χ0) is 13.3. The lowest BCUT2D eigenvalue weighted by Gasteiger charge is -2.49. The first-order valence-electron chi connectivity index (χ1n) is 7.23. The molecule has 3 rings (SSSR count). The highest BCUT2D eigenvalue weighted by molar-refractivity contribution is 5.94. The lowest BCUT2D eigenvalue weighted by Crippen LogP contribution is -2.63. The Hall–Kier alpha value is -1.36. The van der Waals surface area contributed by atoms with E-state index in [1.54, 1.807) is 10.9 Å². The number of carbonyl (C=O) groups is 1. The van der Waals surface area contributed by atoms with Crippen molar-refractivity contribution in [2.45, 2.75) is 37.6 Å². The van der Waals surface area contributed by atoms with Gasteiger partial charge in [0, 0.05) is 32.9 Å². The van der Waals surface area contributed by atoms with Gasteiger partial charge in [-0.25, -0.2) is 0 Å². The highest BCUT2D eigenvalue weighted by atomic mass is 16.2. The van der Waals surface area contributed by atoms with E-state index in [1.807, 2.05) is 13.2 Å². The molecule has 0 atom stereocenters. The minimum atomic E-state index is 0.0451. The summed E-state index contributed by atoms with van der Waals surface area (Å²) < 4.78 is 1.70. The van der Waals surface area contributed by atoms with E-state index in [9.17, 15) is 4.79 Å². The van der Waals surface area contributed by atoms with E-state index in [2.05, 4.69) is 15.3 Å². The predicted molar refractivity (Wildman–Crippen MR) is 72.9 cm³/mol. The quantitative estimate of drug-likeness (QED) is 0.826. The Balaban J connectivity index is 1.85. The molecule has 2 fully saturated rings. The van der Waals surface area contributed by atoms with E-state index >= 15 is 0 Å². The molecule has 5 heteroatoms. The normalized spacial score (nSPS) is 22.7. The van der Waals surface area contributed by atoms with Gasteiger partial charge in [-0.15, -0.1) is 0 Å². The van der Waals surface area contributed by atoms with Crippen molar-refractivity contribution >= 4 is 5.91 Å². The van der Waals surface area contributed by atoms with E-state index in [0.717, 1.165) is 32.5 Å². The van der Waals surface area contributed by atoms with E-state index in [0.29, 0.717) is 5.56 Å². The topological polar surface area (TPSA) is 50.2 Å². The van der Waals surface area contributed by atoms with Gasteiger partial charge in [0.2, 0.25) is 0 Å². The SMILES string of the molecule is Cn1cc(C(=O)N2CCNCC23CCCCC3)cn1. The lowest BCUT2D eigenvalue weighted by atomic mass is 9.79. The van der Waals surface area contributed by atoms with Crippen LogP contribution in [0, 0.1) is 0 Å². The molecule has 1 spiro atoms. The smallest absolute Gasteiger partial charge is 0.257 e. The van der Waals surface area contributed by atoms with Gasteiger partial charge in [-0.3, -0.25) is 9.48 Å². The van der Waals surface area contributed by atoms with Crippen LogP contribution in [0.3, 0.4) is 0 Å². The average Bonchev–Trinajstić information content (AvgIpc) is 2.86. The van der Waals surface area contributed by atoms with Gasteiger partial charge in [0.1, 0.15) is 0 Å². The molecule has 2 heterocycles. The van der Waals surface area contributed by atoms with Crippen molar-refractivity contribution in [3.8, 4) is 0 Å². The first-order chi connectivity index (χ1) is 9.21. The molecule has 0 unspecified atom stereocenters. The second-order valence-corrected chi connectivity index (χ2v) is 5.82. The Morgan fingerprint density at radius 2 is 2.16 bits per heavy atom. The number of carbonyl (C=O) groups excluding carboxylic acids is 1. The second kappa shape index (κ2) is 4.96. The third kappa shape index (κ3) is 2.27. The van der Waals surface area contributed by atoms with Gasteiger partial charge in [-0.2, -0.15) is 5.10 Å². The van der Waals surface area contributed by atoms with E-state index in [4.69, 9.17) is 0 Å². The van der Waals surface area contributed by atoms with Crippen LogP contribution >= 0.6 is 0 Å². The van der Waals surface area contributed by atoms with Gasteiger partial charge in [-0.05, 0) is 12.8 Å². The number of aromatic nitrogens is 2. The first-order valence-corrected chi connectivity index (χ1v) is 7.23. The summed E-state index contributed by atoms with van der Waals surface area (Å²) in [6.45, 7) is 2.65. The van der Waals surface area contributed by atoms with Gasteiger partial charge in [0.15, 0.2) is 0 Å². The van der Waals surface area contributed by atoms with Crippen molar-refractivity contribution in [2.75, 3.05) is 19.6 Å². The molecule has 1 aromatic rings. The molecule has 1 aliphatic heterocycles. The zero-order valence-corrected chi connectivity index (χ0v) is 11.6. The van der Waals surface area contributed by atoms with Crippen LogP contribution in [-0.2, 0) is 7.05 Å². The van der Waals surface area contributed by atoms with Crippen molar-refractivity contribution in [3.05, 3.63) is 18.0 Å². The van der Waals surface area contributed by atoms with E-state index in [1.165, 1.54) is 19.3 Å². The summed E-state index contributed by atoms with van der Waals surface area (Å²) in [5.41, 5.74) is 0.762. The summed E-state index contributed by atoms with van der Waals surface area (Å²) in [7, 11) is 1.85. The Morgan fingerprint density at radius 3 is 2.84 bits per heavy atom. The summed E-state index contributed by atoms with van der Waals surface area (Å²) >= 11 is 0. The highest BCUT2D eigenvalue weighted by Crippen LogP contribution is 2.35. The molecule has 1 aliphatic carbocycles. The van der Waals surface area contributed by atoms with E-state index in [-0.39, 0.29) is 11.4 Å². The molecule has 2 aliphatic rings. The molecule has 1 N–H and O–H groups in total. The van der Waals surface area contributed by atoms with Crippen molar-refractivity contribution < 1.29 is 4.79 Å². The predicted octanol–water partition coefficient (Wildman–Crippen LogP) is 1.17. The van der Waals surface area contributed by atoms with Gasteiger partial charge in [0.25, 0.3) is 5.91 Å². The van der Waals surface area contributed by atoms with Crippen LogP contribution < -0.4 is 5.32 Å². The van der Waals surface area contributed by atoms with Crippen molar-refractivity contribution in [1.82, 2.24) is 20.0 Å². The maximum atomic E-state index is 12.7. The van der Waals surface area contributed by atoms with Crippen LogP contribution in [0.5, 0.6) is 0 Å². The van der Waals surface area contributed by atoms with Gasteiger partial charge < -0.3 is 10.2 Å². The van der Waals surface area contributed by atoms with Crippen LogP contribution in [0.15, 0.2) is 12.4 Å². The fraction of sp³-hybridized carbons (Fsp3) is 0.714.